The van der Waals surface area contributed by atoms with Gasteiger partial charge in [-0.05, 0) is 40.0 Å². The van der Waals surface area contributed by atoms with E-state index < -0.39 is 0 Å². The third-order valence-electron chi connectivity index (χ3n) is 2.98. The van der Waals surface area contributed by atoms with Crippen molar-refractivity contribution in [2.45, 2.75) is 32.9 Å². The molecule has 0 unspecified atom stereocenters. The summed E-state index contributed by atoms with van der Waals surface area (Å²) in [5.74, 6) is 0.0300. The van der Waals surface area contributed by atoms with Crippen molar-refractivity contribution < 1.29 is 4.79 Å². The summed E-state index contributed by atoms with van der Waals surface area (Å²) in [6.07, 6.45) is 0. The van der Waals surface area contributed by atoms with Crippen LogP contribution in [-0.4, -0.2) is 34.9 Å². The number of aromatic nitrogens is 1. The number of benzene rings is 1. The van der Waals surface area contributed by atoms with Gasteiger partial charge in [0, 0.05) is 27.5 Å². The molecule has 1 aromatic heterocycles. The molecule has 124 valence electrons. The Hall–Kier alpha value is -1.24. The Morgan fingerprint density at radius 2 is 2.13 bits per heavy atom. The Morgan fingerprint density at radius 3 is 2.78 bits per heavy atom. The lowest BCUT2D eigenvalue weighted by atomic mass is 10.1. The fourth-order valence-electron chi connectivity index (χ4n) is 2.17. The van der Waals surface area contributed by atoms with E-state index in [0.29, 0.717) is 13.1 Å². The molecule has 1 aromatic carbocycles. The van der Waals surface area contributed by atoms with E-state index in [2.05, 4.69) is 37.7 Å². The van der Waals surface area contributed by atoms with Crippen LogP contribution in [0.25, 0.3) is 10.6 Å². The molecule has 0 spiro atoms. The highest BCUT2D eigenvalue weighted by Crippen LogP contribution is 2.26. The first-order valence-electron chi connectivity index (χ1n) is 7.43. The first kappa shape index (κ1) is 18.1. The fourth-order valence-corrected chi connectivity index (χ4v) is 3.38. The predicted octanol–water partition coefficient (Wildman–Crippen LogP) is 3.92. The normalized spacial score (nSPS) is 11.7. The molecule has 2 aromatic rings. The minimum Gasteiger partial charge on any atom is -0.350 e. The summed E-state index contributed by atoms with van der Waals surface area (Å²) < 4.78 is 1.04. The van der Waals surface area contributed by atoms with Crippen LogP contribution in [0.4, 0.5) is 0 Å². The highest BCUT2D eigenvalue weighted by atomic mass is 79.9. The number of rotatable bonds is 5. The number of likely N-dealkylation sites (N-methyl/N-ethyl adjacent to an activating group) is 1. The lowest BCUT2D eigenvalue weighted by Gasteiger charge is -2.23. The molecule has 1 heterocycles. The second-order valence-corrected chi connectivity index (χ2v) is 8.40. The van der Waals surface area contributed by atoms with Crippen LogP contribution in [0, 0.1) is 0 Å². The van der Waals surface area contributed by atoms with Gasteiger partial charge in [0.25, 0.3) is 0 Å². The summed E-state index contributed by atoms with van der Waals surface area (Å²) in [6.45, 7) is 6.96. The van der Waals surface area contributed by atoms with E-state index in [1.54, 1.807) is 11.3 Å². The standard InChI is InChI=1S/C17H22BrN3OS/c1-17(2,3)20-15(22)10-21(4)9-14-11-23-16(19-14)12-6-5-7-13(18)8-12/h5-8,11H,9-10H2,1-4H3,(H,20,22). The van der Waals surface area contributed by atoms with E-state index >= 15 is 0 Å². The topological polar surface area (TPSA) is 45.2 Å². The second kappa shape index (κ2) is 7.55. The molecule has 2 rings (SSSR count). The third kappa shape index (κ3) is 6.05. The lowest BCUT2D eigenvalue weighted by molar-refractivity contribution is -0.123. The summed E-state index contributed by atoms with van der Waals surface area (Å²) in [5.41, 5.74) is 1.88. The molecule has 0 aliphatic rings. The largest absolute Gasteiger partial charge is 0.350 e. The van der Waals surface area contributed by atoms with Crippen molar-refractivity contribution in [1.29, 1.82) is 0 Å². The molecule has 0 aliphatic carbocycles. The van der Waals surface area contributed by atoms with Gasteiger partial charge in [0.05, 0.1) is 12.2 Å². The molecule has 6 heteroatoms. The monoisotopic (exact) mass is 395 g/mol. The smallest absolute Gasteiger partial charge is 0.234 e. The van der Waals surface area contributed by atoms with E-state index in [9.17, 15) is 4.79 Å². The highest BCUT2D eigenvalue weighted by molar-refractivity contribution is 9.10. The molecule has 0 aliphatic heterocycles. The van der Waals surface area contributed by atoms with Gasteiger partial charge in [-0.2, -0.15) is 0 Å². The van der Waals surface area contributed by atoms with Crippen LogP contribution in [0.1, 0.15) is 26.5 Å². The SMILES string of the molecule is CN(CC(=O)NC(C)(C)C)Cc1csc(-c2cccc(Br)c2)n1. The minimum absolute atomic E-state index is 0.0300. The van der Waals surface area contributed by atoms with Gasteiger partial charge in [0.15, 0.2) is 0 Å². The van der Waals surface area contributed by atoms with Crippen LogP contribution in [0.3, 0.4) is 0 Å². The average molecular weight is 396 g/mol. The zero-order valence-electron chi connectivity index (χ0n) is 13.9. The average Bonchev–Trinajstić information content (AvgIpc) is 2.84. The zero-order valence-corrected chi connectivity index (χ0v) is 16.3. The van der Waals surface area contributed by atoms with Gasteiger partial charge in [0.2, 0.25) is 5.91 Å². The molecular formula is C17H22BrN3OS. The number of halogens is 1. The van der Waals surface area contributed by atoms with Gasteiger partial charge >= 0.3 is 0 Å². The molecule has 0 saturated carbocycles. The van der Waals surface area contributed by atoms with E-state index in [1.807, 2.05) is 50.9 Å². The molecular weight excluding hydrogens is 374 g/mol. The highest BCUT2D eigenvalue weighted by Gasteiger charge is 2.16. The number of nitrogens with one attached hydrogen (secondary N) is 1. The first-order chi connectivity index (χ1) is 10.7. The quantitative estimate of drug-likeness (QED) is 0.833. The van der Waals surface area contributed by atoms with E-state index in [0.717, 1.165) is 20.7 Å². The number of hydrogen-bond acceptors (Lipinski definition) is 4. The third-order valence-corrected chi connectivity index (χ3v) is 4.42. The van der Waals surface area contributed by atoms with Crippen molar-refractivity contribution in [3.63, 3.8) is 0 Å². The summed E-state index contributed by atoms with van der Waals surface area (Å²) in [7, 11) is 1.93. The fraction of sp³-hybridized carbons (Fsp3) is 0.412. The first-order valence-corrected chi connectivity index (χ1v) is 9.10. The van der Waals surface area contributed by atoms with Crippen LogP contribution in [0.5, 0.6) is 0 Å². The molecule has 0 bridgehead atoms. The van der Waals surface area contributed by atoms with Gasteiger partial charge in [-0.25, -0.2) is 4.98 Å². The van der Waals surface area contributed by atoms with E-state index in [-0.39, 0.29) is 11.4 Å². The number of carbonyl (C=O) groups is 1. The number of carbonyl (C=O) groups excluding carboxylic acids is 1. The van der Waals surface area contributed by atoms with Crippen LogP contribution >= 0.6 is 27.3 Å². The summed E-state index contributed by atoms with van der Waals surface area (Å²) in [4.78, 5) is 18.6. The lowest BCUT2D eigenvalue weighted by Crippen LogP contribution is -2.45. The second-order valence-electron chi connectivity index (χ2n) is 6.62. The molecule has 0 radical (unpaired) electrons. The summed E-state index contributed by atoms with van der Waals surface area (Å²) >= 11 is 5.10. The number of nitrogens with zero attached hydrogens (tertiary/aromatic N) is 2. The van der Waals surface area contributed by atoms with Crippen LogP contribution in [0.15, 0.2) is 34.1 Å². The van der Waals surface area contributed by atoms with Crippen molar-refractivity contribution in [3.05, 3.63) is 39.8 Å². The predicted molar refractivity (Wildman–Crippen MR) is 99.5 cm³/mol. The van der Waals surface area contributed by atoms with Crippen LogP contribution in [0.2, 0.25) is 0 Å². The molecule has 0 saturated heterocycles. The van der Waals surface area contributed by atoms with Gasteiger partial charge in [-0.1, -0.05) is 28.1 Å². The maximum absolute atomic E-state index is 11.9. The van der Waals surface area contributed by atoms with Crippen molar-refractivity contribution in [1.82, 2.24) is 15.2 Å². The van der Waals surface area contributed by atoms with Gasteiger partial charge in [-0.3, -0.25) is 9.69 Å². The van der Waals surface area contributed by atoms with Crippen molar-refractivity contribution in [2.75, 3.05) is 13.6 Å². The summed E-state index contributed by atoms with van der Waals surface area (Å²) in [6, 6.07) is 8.11. The number of amides is 1. The molecule has 1 amide bonds. The summed E-state index contributed by atoms with van der Waals surface area (Å²) in [5, 5.41) is 6.01. The Balaban J connectivity index is 1.95. The Bertz CT molecular complexity index is 678. The van der Waals surface area contributed by atoms with Gasteiger partial charge in [-0.15, -0.1) is 11.3 Å². The van der Waals surface area contributed by atoms with Crippen molar-refractivity contribution >= 4 is 33.2 Å². The Kier molecular flexibility index (Phi) is 5.95. The molecule has 0 atom stereocenters. The van der Waals surface area contributed by atoms with E-state index in [4.69, 9.17) is 0 Å². The molecule has 23 heavy (non-hydrogen) atoms. The maximum Gasteiger partial charge on any atom is 0.234 e. The minimum atomic E-state index is -0.202. The zero-order chi connectivity index (χ0) is 17.0. The number of hydrogen-bond donors (Lipinski definition) is 1. The molecule has 4 nitrogen and oxygen atoms in total. The molecule has 1 N–H and O–H groups in total. The van der Waals surface area contributed by atoms with E-state index in [1.165, 1.54) is 0 Å². The maximum atomic E-state index is 11.9. The molecule has 0 fully saturated rings. The van der Waals surface area contributed by atoms with Crippen LogP contribution < -0.4 is 5.32 Å². The van der Waals surface area contributed by atoms with Crippen molar-refractivity contribution in [2.24, 2.45) is 0 Å². The Labute approximate surface area is 150 Å². The van der Waals surface area contributed by atoms with Crippen molar-refractivity contribution in [3.8, 4) is 10.6 Å². The van der Waals surface area contributed by atoms with Crippen LogP contribution in [-0.2, 0) is 11.3 Å². The van der Waals surface area contributed by atoms with Gasteiger partial charge in [0.1, 0.15) is 5.01 Å². The Morgan fingerprint density at radius 1 is 1.39 bits per heavy atom. The van der Waals surface area contributed by atoms with Gasteiger partial charge < -0.3 is 5.32 Å². The number of thiazole rings is 1.